The van der Waals surface area contributed by atoms with Gasteiger partial charge in [0.05, 0.1) is 11.4 Å². The molecule has 1 aliphatic rings. The van der Waals surface area contributed by atoms with Crippen molar-refractivity contribution in [2.45, 2.75) is 45.9 Å². The van der Waals surface area contributed by atoms with Gasteiger partial charge in [0.15, 0.2) is 0 Å². The number of benzene rings is 2. The number of sulfonamides is 1. The number of nitrogens with one attached hydrogen (secondary N) is 1. The molecule has 34 heavy (non-hydrogen) atoms. The lowest BCUT2D eigenvalue weighted by Crippen LogP contribution is -2.42. The van der Waals surface area contributed by atoms with Gasteiger partial charge in [-0.05, 0) is 74.4 Å². The molecule has 7 nitrogen and oxygen atoms in total. The highest BCUT2D eigenvalue weighted by atomic mass is 32.2. The molecular formula is C26H35N3O4S. The highest BCUT2D eigenvalue weighted by Crippen LogP contribution is 2.27. The minimum atomic E-state index is -3.61. The van der Waals surface area contributed by atoms with Crippen LogP contribution in [0.3, 0.4) is 0 Å². The van der Waals surface area contributed by atoms with Crippen molar-refractivity contribution in [3.63, 3.8) is 0 Å². The standard InChI is InChI=1S/C26H35N3O4S/c1-17-12-20(4)25(21(5)13-17)27-24(30)16-28(6)26(31)22-7-9-23(10-8-22)34(32,33)29-14-18(2)11-19(3)15-29/h7-10,12-13,18-19H,11,14-16H2,1-6H3,(H,27,30)/t18-,19-/m0/s1. The number of aryl methyl sites for hydroxylation is 3. The third-order valence-electron chi connectivity index (χ3n) is 6.24. The largest absolute Gasteiger partial charge is 0.332 e. The van der Waals surface area contributed by atoms with Gasteiger partial charge in [-0.1, -0.05) is 31.5 Å². The first-order chi connectivity index (χ1) is 15.9. The van der Waals surface area contributed by atoms with Crippen LogP contribution in [-0.4, -0.2) is 56.1 Å². The molecule has 0 radical (unpaired) electrons. The first-order valence-electron chi connectivity index (χ1n) is 11.6. The van der Waals surface area contributed by atoms with Gasteiger partial charge in [-0.15, -0.1) is 0 Å². The number of nitrogens with zero attached hydrogens (tertiary/aromatic N) is 2. The molecule has 2 aromatic carbocycles. The molecular weight excluding hydrogens is 450 g/mol. The van der Waals surface area contributed by atoms with Crippen LogP contribution in [0.1, 0.15) is 47.3 Å². The molecule has 0 unspecified atom stereocenters. The molecule has 0 aromatic heterocycles. The van der Waals surface area contributed by atoms with E-state index in [0.29, 0.717) is 30.5 Å². The average Bonchev–Trinajstić information content (AvgIpc) is 2.75. The van der Waals surface area contributed by atoms with Crippen LogP contribution in [0.2, 0.25) is 0 Å². The molecule has 2 amide bonds. The number of likely N-dealkylation sites (N-methyl/N-ethyl adjacent to an activating group) is 1. The Morgan fingerprint density at radius 2 is 1.53 bits per heavy atom. The Labute approximate surface area is 203 Å². The summed E-state index contributed by atoms with van der Waals surface area (Å²) in [7, 11) is -2.06. The summed E-state index contributed by atoms with van der Waals surface area (Å²) in [4.78, 5) is 26.9. The summed E-state index contributed by atoms with van der Waals surface area (Å²) in [6.07, 6.45) is 1.02. The van der Waals surface area contributed by atoms with Gasteiger partial charge in [0.1, 0.15) is 0 Å². The average molecular weight is 486 g/mol. The second-order valence-electron chi connectivity index (χ2n) is 9.78. The van der Waals surface area contributed by atoms with Gasteiger partial charge >= 0.3 is 0 Å². The van der Waals surface area contributed by atoms with Gasteiger partial charge in [-0.2, -0.15) is 4.31 Å². The Morgan fingerprint density at radius 1 is 1.00 bits per heavy atom. The molecule has 1 aliphatic heterocycles. The van der Waals surface area contributed by atoms with Crippen LogP contribution in [0.15, 0.2) is 41.3 Å². The quantitative estimate of drug-likeness (QED) is 0.670. The number of hydrogen-bond acceptors (Lipinski definition) is 4. The van der Waals surface area contributed by atoms with Crippen molar-refractivity contribution in [1.82, 2.24) is 9.21 Å². The van der Waals surface area contributed by atoms with Crippen LogP contribution in [0.5, 0.6) is 0 Å². The van der Waals surface area contributed by atoms with E-state index in [1.807, 2.05) is 32.9 Å². The zero-order valence-corrected chi connectivity index (χ0v) is 21.7. The zero-order chi connectivity index (χ0) is 25.2. The molecule has 0 spiro atoms. The number of carbonyl (C=O) groups excluding carboxylic acids is 2. The van der Waals surface area contributed by atoms with Crippen LogP contribution < -0.4 is 5.32 Å². The van der Waals surface area contributed by atoms with E-state index >= 15 is 0 Å². The van der Waals surface area contributed by atoms with Crippen LogP contribution in [0, 0.1) is 32.6 Å². The predicted molar refractivity (Wildman–Crippen MR) is 134 cm³/mol. The van der Waals surface area contributed by atoms with Crippen molar-refractivity contribution < 1.29 is 18.0 Å². The van der Waals surface area contributed by atoms with Crippen molar-refractivity contribution in [3.05, 3.63) is 58.7 Å². The molecule has 0 aliphatic carbocycles. The molecule has 1 heterocycles. The summed E-state index contributed by atoms with van der Waals surface area (Å²) in [6.45, 7) is 10.9. The lowest BCUT2D eigenvalue weighted by atomic mass is 9.94. The third-order valence-corrected chi connectivity index (χ3v) is 8.09. The number of rotatable bonds is 6. The number of anilines is 1. The molecule has 2 atom stereocenters. The summed E-state index contributed by atoms with van der Waals surface area (Å²) in [5.74, 6) is -0.0200. The van der Waals surface area contributed by atoms with Gasteiger partial charge in [0.2, 0.25) is 15.9 Å². The molecule has 8 heteroatoms. The second kappa shape index (κ2) is 10.3. The molecule has 0 bridgehead atoms. The zero-order valence-electron chi connectivity index (χ0n) is 20.9. The summed E-state index contributed by atoms with van der Waals surface area (Å²) >= 11 is 0. The molecule has 1 saturated heterocycles. The van der Waals surface area contributed by atoms with Gasteiger partial charge < -0.3 is 10.2 Å². The summed E-state index contributed by atoms with van der Waals surface area (Å²) in [5.41, 5.74) is 4.14. The molecule has 3 rings (SSSR count). The molecule has 0 saturated carbocycles. The van der Waals surface area contributed by atoms with Crippen LogP contribution >= 0.6 is 0 Å². The fraction of sp³-hybridized carbons (Fsp3) is 0.462. The number of hydrogen-bond donors (Lipinski definition) is 1. The Bertz CT molecular complexity index is 1140. The Balaban J connectivity index is 1.66. The first-order valence-corrected chi connectivity index (χ1v) is 13.1. The van der Waals surface area contributed by atoms with E-state index in [9.17, 15) is 18.0 Å². The number of carbonyl (C=O) groups is 2. The van der Waals surface area contributed by atoms with Crippen molar-refractivity contribution in [3.8, 4) is 0 Å². The summed E-state index contributed by atoms with van der Waals surface area (Å²) < 4.78 is 27.7. The molecule has 184 valence electrons. The van der Waals surface area contributed by atoms with Gasteiger partial charge in [0.25, 0.3) is 5.91 Å². The van der Waals surface area contributed by atoms with Crippen LogP contribution in [0.25, 0.3) is 0 Å². The van der Waals surface area contributed by atoms with Crippen LogP contribution in [0.4, 0.5) is 5.69 Å². The number of amides is 2. The number of piperidine rings is 1. The maximum atomic E-state index is 13.1. The van der Waals surface area contributed by atoms with E-state index in [-0.39, 0.29) is 23.3 Å². The van der Waals surface area contributed by atoms with E-state index in [2.05, 4.69) is 19.2 Å². The minimum Gasteiger partial charge on any atom is -0.332 e. The van der Waals surface area contributed by atoms with E-state index in [4.69, 9.17) is 0 Å². The van der Waals surface area contributed by atoms with E-state index in [0.717, 1.165) is 28.8 Å². The Morgan fingerprint density at radius 3 is 2.06 bits per heavy atom. The van der Waals surface area contributed by atoms with Crippen molar-refractivity contribution >= 4 is 27.5 Å². The lowest BCUT2D eigenvalue weighted by molar-refractivity contribution is -0.116. The SMILES string of the molecule is Cc1cc(C)c(NC(=O)CN(C)C(=O)c2ccc(S(=O)(=O)N3C[C@@H](C)C[C@H](C)C3)cc2)c(C)c1. The normalized spacial score (nSPS) is 19.0. The van der Waals surface area contributed by atoms with E-state index in [1.165, 1.54) is 33.5 Å². The van der Waals surface area contributed by atoms with Crippen molar-refractivity contribution in [1.29, 1.82) is 0 Å². The van der Waals surface area contributed by atoms with E-state index in [1.54, 1.807) is 7.05 Å². The highest BCUT2D eigenvalue weighted by Gasteiger charge is 2.31. The Kier molecular flexibility index (Phi) is 7.83. The third kappa shape index (κ3) is 5.85. The van der Waals surface area contributed by atoms with Gasteiger partial charge in [-0.25, -0.2) is 8.42 Å². The fourth-order valence-electron chi connectivity index (χ4n) is 4.78. The fourth-order valence-corrected chi connectivity index (χ4v) is 6.46. The smallest absolute Gasteiger partial charge is 0.254 e. The predicted octanol–water partition coefficient (Wildman–Crippen LogP) is 3.99. The molecule has 1 fully saturated rings. The maximum Gasteiger partial charge on any atom is 0.254 e. The monoisotopic (exact) mass is 485 g/mol. The topological polar surface area (TPSA) is 86.8 Å². The van der Waals surface area contributed by atoms with Crippen molar-refractivity contribution in [2.75, 3.05) is 32.0 Å². The second-order valence-corrected chi connectivity index (χ2v) is 11.7. The van der Waals surface area contributed by atoms with Crippen molar-refractivity contribution in [2.24, 2.45) is 11.8 Å². The van der Waals surface area contributed by atoms with E-state index < -0.39 is 10.0 Å². The van der Waals surface area contributed by atoms with Gasteiger partial charge in [0, 0.05) is 31.4 Å². The van der Waals surface area contributed by atoms with Gasteiger partial charge in [-0.3, -0.25) is 9.59 Å². The molecule has 1 N–H and O–H groups in total. The highest BCUT2D eigenvalue weighted by molar-refractivity contribution is 7.89. The Hall–Kier alpha value is -2.71. The molecule has 2 aromatic rings. The lowest BCUT2D eigenvalue weighted by Gasteiger charge is -2.34. The summed E-state index contributed by atoms with van der Waals surface area (Å²) in [5, 5.41) is 2.90. The first kappa shape index (κ1) is 25.9. The summed E-state index contributed by atoms with van der Waals surface area (Å²) in [6, 6.07) is 9.96. The minimum absolute atomic E-state index is 0.116. The van der Waals surface area contributed by atoms with Crippen LogP contribution in [-0.2, 0) is 14.8 Å². The maximum absolute atomic E-state index is 13.1.